The maximum Gasteiger partial charge on any atom is 0.335 e. The molecule has 2 rings (SSSR count). The number of ether oxygens (including phenoxy) is 1. The molecule has 0 saturated heterocycles. The second-order valence-corrected chi connectivity index (χ2v) is 3.67. The molecule has 0 radical (unpaired) electrons. The molecule has 0 atom stereocenters. The van der Waals surface area contributed by atoms with Crippen LogP contribution < -0.4 is 0 Å². The molecule has 1 N–H and O–H groups in total. The van der Waals surface area contributed by atoms with E-state index < -0.39 is 5.97 Å². The van der Waals surface area contributed by atoms with Crippen LogP contribution in [-0.4, -0.2) is 39.8 Å². The summed E-state index contributed by atoms with van der Waals surface area (Å²) in [6.45, 7) is 1.30. The third kappa shape index (κ3) is 2.42. The quantitative estimate of drug-likeness (QED) is 0.787. The van der Waals surface area contributed by atoms with E-state index in [-0.39, 0.29) is 5.56 Å². The highest BCUT2D eigenvalue weighted by Gasteiger charge is 2.08. The predicted molar refractivity (Wildman–Crippen MR) is 61.0 cm³/mol. The van der Waals surface area contributed by atoms with Crippen LogP contribution >= 0.6 is 0 Å². The molecule has 0 amide bonds. The Morgan fingerprint density at radius 2 is 2.35 bits per heavy atom. The summed E-state index contributed by atoms with van der Waals surface area (Å²) >= 11 is 0. The van der Waals surface area contributed by atoms with E-state index >= 15 is 0 Å². The predicted octanol–water partition coefficient (Wildman–Crippen LogP) is 1.17. The summed E-state index contributed by atoms with van der Waals surface area (Å²) in [5.41, 5.74) is 1.68. The topological polar surface area (TPSA) is 77.2 Å². The van der Waals surface area contributed by atoms with Gasteiger partial charge in [-0.25, -0.2) is 9.48 Å². The molecule has 1 aromatic heterocycles. The third-order valence-corrected chi connectivity index (χ3v) is 2.48. The van der Waals surface area contributed by atoms with Crippen LogP contribution in [0.15, 0.2) is 18.2 Å². The number of carbonyl (C=O) groups is 1. The molecular weight excluding hydrogens is 222 g/mol. The lowest BCUT2D eigenvalue weighted by Gasteiger charge is -2.02. The summed E-state index contributed by atoms with van der Waals surface area (Å²) in [5, 5.41) is 16.9. The van der Waals surface area contributed by atoms with Crippen molar-refractivity contribution in [3.05, 3.63) is 23.8 Å². The molecule has 6 heteroatoms. The van der Waals surface area contributed by atoms with Crippen LogP contribution in [0.2, 0.25) is 0 Å². The fourth-order valence-corrected chi connectivity index (χ4v) is 1.62. The molecule has 0 fully saturated rings. The average Bonchev–Trinajstić information content (AvgIpc) is 2.72. The van der Waals surface area contributed by atoms with Crippen molar-refractivity contribution < 1.29 is 14.6 Å². The van der Waals surface area contributed by atoms with E-state index in [0.717, 1.165) is 11.9 Å². The number of aryl methyl sites for hydroxylation is 1. The summed E-state index contributed by atoms with van der Waals surface area (Å²) in [5.74, 6) is -0.948. The molecule has 1 heterocycles. The van der Waals surface area contributed by atoms with Crippen LogP contribution in [0, 0.1) is 0 Å². The van der Waals surface area contributed by atoms with Gasteiger partial charge in [0.25, 0.3) is 0 Å². The van der Waals surface area contributed by atoms with Crippen molar-refractivity contribution in [3.63, 3.8) is 0 Å². The Kier molecular flexibility index (Phi) is 3.34. The first-order valence-corrected chi connectivity index (χ1v) is 5.28. The Labute approximate surface area is 97.8 Å². The van der Waals surface area contributed by atoms with Crippen molar-refractivity contribution in [3.8, 4) is 0 Å². The zero-order valence-electron chi connectivity index (χ0n) is 9.46. The van der Waals surface area contributed by atoms with E-state index in [2.05, 4.69) is 10.3 Å². The van der Waals surface area contributed by atoms with E-state index in [4.69, 9.17) is 9.84 Å². The van der Waals surface area contributed by atoms with Crippen LogP contribution in [0.3, 0.4) is 0 Å². The minimum absolute atomic E-state index is 0.243. The van der Waals surface area contributed by atoms with E-state index in [9.17, 15) is 4.79 Å². The largest absolute Gasteiger partial charge is 0.478 e. The van der Waals surface area contributed by atoms with E-state index in [1.807, 2.05) is 0 Å². The van der Waals surface area contributed by atoms with Gasteiger partial charge in [-0.3, -0.25) is 0 Å². The molecule has 17 heavy (non-hydrogen) atoms. The number of nitrogens with zero attached hydrogens (tertiary/aromatic N) is 3. The highest BCUT2D eigenvalue weighted by Crippen LogP contribution is 2.14. The summed E-state index contributed by atoms with van der Waals surface area (Å²) in [6.07, 6.45) is 0.812. The Morgan fingerprint density at radius 1 is 1.53 bits per heavy atom. The lowest BCUT2D eigenvalue weighted by Crippen LogP contribution is -2.04. The fraction of sp³-hybridized carbons (Fsp3) is 0.364. The van der Waals surface area contributed by atoms with Gasteiger partial charge in [-0.15, -0.1) is 5.10 Å². The molecular formula is C11H13N3O3. The maximum atomic E-state index is 10.9. The zero-order chi connectivity index (χ0) is 12.3. The number of carboxylic acids is 1. The number of carboxylic acid groups (broad SMARTS) is 1. The van der Waals surface area contributed by atoms with Crippen molar-refractivity contribution in [2.24, 2.45) is 0 Å². The van der Waals surface area contributed by atoms with Crippen LogP contribution in [0.5, 0.6) is 0 Å². The first-order chi connectivity index (χ1) is 8.22. The summed E-state index contributed by atoms with van der Waals surface area (Å²) in [6, 6.07) is 4.78. The van der Waals surface area contributed by atoms with Gasteiger partial charge in [0.1, 0.15) is 5.52 Å². The molecule has 0 bridgehead atoms. The number of hydrogen-bond donors (Lipinski definition) is 1. The molecule has 2 aromatic rings. The maximum absolute atomic E-state index is 10.9. The van der Waals surface area contributed by atoms with Crippen molar-refractivity contribution in [1.29, 1.82) is 0 Å². The molecule has 0 unspecified atom stereocenters. The average molecular weight is 235 g/mol. The first kappa shape index (κ1) is 11.5. The van der Waals surface area contributed by atoms with Crippen molar-refractivity contribution >= 4 is 17.0 Å². The van der Waals surface area contributed by atoms with Crippen molar-refractivity contribution in [1.82, 2.24) is 15.0 Å². The summed E-state index contributed by atoms with van der Waals surface area (Å²) in [7, 11) is 1.64. The van der Waals surface area contributed by atoms with Crippen LogP contribution in [0.1, 0.15) is 16.8 Å². The van der Waals surface area contributed by atoms with Gasteiger partial charge in [0.2, 0.25) is 0 Å². The highest BCUT2D eigenvalue weighted by molar-refractivity contribution is 5.92. The van der Waals surface area contributed by atoms with Gasteiger partial charge in [0, 0.05) is 20.3 Å². The first-order valence-electron chi connectivity index (χ1n) is 5.28. The third-order valence-electron chi connectivity index (χ3n) is 2.48. The summed E-state index contributed by atoms with van der Waals surface area (Å²) < 4.78 is 6.65. The molecule has 0 aliphatic heterocycles. The Hall–Kier alpha value is -1.95. The molecule has 0 aliphatic rings. The smallest absolute Gasteiger partial charge is 0.335 e. The second-order valence-electron chi connectivity index (χ2n) is 3.67. The van der Waals surface area contributed by atoms with E-state index in [1.54, 1.807) is 23.9 Å². The van der Waals surface area contributed by atoms with Gasteiger partial charge in [-0.1, -0.05) is 5.21 Å². The minimum atomic E-state index is -0.948. The standard InChI is InChI=1S/C11H13N3O3/c1-17-6-2-5-14-10-7-8(11(15)16)3-4-9(10)12-13-14/h3-4,7H,2,5-6H2,1H3,(H,15,16). The van der Waals surface area contributed by atoms with Crippen LogP contribution in [0.4, 0.5) is 0 Å². The fourth-order valence-electron chi connectivity index (χ4n) is 1.62. The van der Waals surface area contributed by atoms with Crippen molar-refractivity contribution in [2.45, 2.75) is 13.0 Å². The number of aromatic carboxylic acids is 1. The Morgan fingerprint density at radius 3 is 3.06 bits per heavy atom. The lowest BCUT2D eigenvalue weighted by atomic mass is 10.2. The van der Waals surface area contributed by atoms with E-state index in [1.165, 1.54) is 6.07 Å². The Bertz CT molecular complexity index is 536. The minimum Gasteiger partial charge on any atom is -0.478 e. The molecule has 90 valence electrons. The molecule has 6 nitrogen and oxygen atoms in total. The van der Waals surface area contributed by atoms with Gasteiger partial charge < -0.3 is 9.84 Å². The number of aromatic nitrogens is 3. The number of fused-ring (bicyclic) bond motifs is 1. The SMILES string of the molecule is COCCCn1nnc2ccc(C(=O)O)cc21. The van der Waals surface area contributed by atoms with E-state index in [0.29, 0.717) is 18.7 Å². The zero-order valence-corrected chi connectivity index (χ0v) is 9.46. The highest BCUT2D eigenvalue weighted by atomic mass is 16.5. The van der Waals surface area contributed by atoms with Gasteiger partial charge in [0.05, 0.1) is 11.1 Å². The Balaban J connectivity index is 2.30. The van der Waals surface area contributed by atoms with Gasteiger partial charge >= 0.3 is 5.97 Å². The van der Waals surface area contributed by atoms with Gasteiger partial charge in [-0.05, 0) is 24.6 Å². The monoisotopic (exact) mass is 235 g/mol. The number of hydrogen-bond acceptors (Lipinski definition) is 4. The molecule has 1 aromatic carbocycles. The van der Waals surface area contributed by atoms with Crippen LogP contribution in [0.25, 0.3) is 11.0 Å². The molecule has 0 aliphatic carbocycles. The normalized spacial score (nSPS) is 10.9. The second kappa shape index (κ2) is 4.92. The van der Waals surface area contributed by atoms with Gasteiger partial charge in [-0.2, -0.15) is 0 Å². The van der Waals surface area contributed by atoms with Crippen LogP contribution in [-0.2, 0) is 11.3 Å². The molecule has 0 spiro atoms. The molecule has 0 saturated carbocycles. The van der Waals surface area contributed by atoms with Gasteiger partial charge in [0.15, 0.2) is 0 Å². The number of rotatable bonds is 5. The number of methoxy groups -OCH3 is 1. The lowest BCUT2D eigenvalue weighted by molar-refractivity contribution is 0.0697. The van der Waals surface area contributed by atoms with Crippen molar-refractivity contribution in [2.75, 3.05) is 13.7 Å². The number of benzene rings is 1. The summed E-state index contributed by atoms with van der Waals surface area (Å²) in [4.78, 5) is 10.9.